The van der Waals surface area contributed by atoms with Gasteiger partial charge in [-0.15, -0.1) is 0 Å². The van der Waals surface area contributed by atoms with Gasteiger partial charge in [0, 0.05) is 17.7 Å². The summed E-state index contributed by atoms with van der Waals surface area (Å²) in [7, 11) is 0. The van der Waals surface area contributed by atoms with Crippen molar-refractivity contribution in [2.45, 2.75) is 26.3 Å². The highest BCUT2D eigenvalue weighted by Crippen LogP contribution is 2.36. The number of carboxylic acids is 1. The predicted molar refractivity (Wildman–Crippen MR) is 104 cm³/mol. The molecule has 3 rings (SSSR count). The van der Waals surface area contributed by atoms with E-state index < -0.39 is 5.97 Å². The summed E-state index contributed by atoms with van der Waals surface area (Å²) in [6.07, 6.45) is 2.18. The SMILES string of the molecule is CC[C@@H](C)N1C(=O)S/C(=C/c2ccc(-c3cc(C(=O)O)ccc3Cl)o2)C1=O. The van der Waals surface area contributed by atoms with Gasteiger partial charge >= 0.3 is 5.97 Å². The molecule has 6 nitrogen and oxygen atoms in total. The molecule has 8 heteroatoms. The van der Waals surface area contributed by atoms with Crippen LogP contribution >= 0.6 is 23.4 Å². The number of halogens is 1. The van der Waals surface area contributed by atoms with Crippen LogP contribution in [0.2, 0.25) is 5.02 Å². The second-order valence-electron chi connectivity index (χ2n) is 6.01. The first-order chi connectivity index (χ1) is 12.8. The monoisotopic (exact) mass is 405 g/mol. The first-order valence-corrected chi connectivity index (χ1v) is 9.41. The van der Waals surface area contributed by atoms with Crippen molar-refractivity contribution in [2.75, 3.05) is 0 Å². The molecule has 1 fully saturated rings. The lowest BCUT2D eigenvalue weighted by atomic mass is 10.1. The minimum absolute atomic E-state index is 0.0852. The van der Waals surface area contributed by atoms with Crippen molar-refractivity contribution in [2.24, 2.45) is 0 Å². The number of thioether (sulfide) groups is 1. The molecule has 1 saturated heterocycles. The molecule has 0 unspecified atom stereocenters. The van der Waals surface area contributed by atoms with Crippen molar-refractivity contribution >= 4 is 46.6 Å². The summed E-state index contributed by atoms with van der Waals surface area (Å²) in [5, 5.41) is 9.17. The number of nitrogens with zero attached hydrogens (tertiary/aromatic N) is 1. The molecule has 2 heterocycles. The molecule has 0 spiro atoms. The normalized spacial score (nSPS) is 17.0. The quantitative estimate of drug-likeness (QED) is 0.693. The average molecular weight is 406 g/mol. The van der Waals surface area contributed by atoms with Crippen LogP contribution in [0.15, 0.2) is 39.7 Å². The Labute approximate surface area is 164 Å². The van der Waals surface area contributed by atoms with Crippen LogP contribution in [0, 0.1) is 0 Å². The number of imide groups is 1. The van der Waals surface area contributed by atoms with Gasteiger partial charge in [0.15, 0.2) is 0 Å². The van der Waals surface area contributed by atoms with Gasteiger partial charge < -0.3 is 9.52 Å². The van der Waals surface area contributed by atoms with Gasteiger partial charge in [0.2, 0.25) is 0 Å². The summed E-state index contributed by atoms with van der Waals surface area (Å²) in [6, 6.07) is 7.41. The molecular formula is C19H16ClNO5S. The minimum atomic E-state index is -1.07. The Bertz CT molecular complexity index is 965. The van der Waals surface area contributed by atoms with Gasteiger partial charge in [0.05, 0.1) is 15.5 Å². The van der Waals surface area contributed by atoms with Crippen LogP contribution in [0.1, 0.15) is 36.4 Å². The smallest absolute Gasteiger partial charge is 0.335 e. The van der Waals surface area contributed by atoms with Crippen molar-refractivity contribution in [3.05, 3.63) is 51.6 Å². The lowest BCUT2D eigenvalue weighted by Gasteiger charge is -2.19. The highest BCUT2D eigenvalue weighted by atomic mass is 35.5. The number of furan rings is 1. The van der Waals surface area contributed by atoms with E-state index in [9.17, 15) is 14.4 Å². The molecule has 2 amide bonds. The van der Waals surface area contributed by atoms with Gasteiger partial charge in [-0.2, -0.15) is 0 Å². The molecular weight excluding hydrogens is 390 g/mol. The molecule has 0 aliphatic carbocycles. The number of carboxylic acid groups (broad SMARTS) is 1. The Hall–Kier alpha value is -2.51. The highest BCUT2D eigenvalue weighted by Gasteiger charge is 2.37. The Kier molecular flexibility index (Phi) is 5.43. The maximum absolute atomic E-state index is 12.5. The van der Waals surface area contributed by atoms with Gasteiger partial charge in [-0.1, -0.05) is 18.5 Å². The number of carbonyl (C=O) groups excluding carboxylic acids is 2. The van der Waals surface area contributed by atoms with Crippen molar-refractivity contribution < 1.29 is 23.9 Å². The van der Waals surface area contributed by atoms with E-state index in [1.54, 1.807) is 12.1 Å². The van der Waals surface area contributed by atoms with E-state index in [0.717, 1.165) is 11.8 Å². The fraction of sp³-hybridized carbons (Fsp3) is 0.211. The number of amides is 2. The summed E-state index contributed by atoms with van der Waals surface area (Å²) >= 11 is 7.02. The number of carbonyl (C=O) groups is 3. The van der Waals surface area contributed by atoms with E-state index in [1.165, 1.54) is 29.2 Å². The summed E-state index contributed by atoms with van der Waals surface area (Å²) in [6.45, 7) is 3.73. The molecule has 2 aromatic rings. The fourth-order valence-corrected chi connectivity index (χ4v) is 3.71. The molecule has 1 aliphatic heterocycles. The van der Waals surface area contributed by atoms with Crippen LogP contribution in [0.3, 0.4) is 0 Å². The van der Waals surface area contributed by atoms with E-state index in [1.807, 2.05) is 13.8 Å². The first-order valence-electron chi connectivity index (χ1n) is 8.22. The van der Waals surface area contributed by atoms with Crippen molar-refractivity contribution in [1.82, 2.24) is 4.90 Å². The lowest BCUT2D eigenvalue weighted by molar-refractivity contribution is -0.124. The van der Waals surface area contributed by atoms with Gasteiger partial charge in [-0.3, -0.25) is 14.5 Å². The van der Waals surface area contributed by atoms with Gasteiger partial charge in [-0.05, 0) is 55.4 Å². The van der Waals surface area contributed by atoms with Crippen LogP contribution in [0.25, 0.3) is 17.4 Å². The number of rotatable bonds is 5. The van der Waals surface area contributed by atoms with Crippen LogP contribution in [0.5, 0.6) is 0 Å². The van der Waals surface area contributed by atoms with E-state index in [4.69, 9.17) is 21.1 Å². The largest absolute Gasteiger partial charge is 0.478 e. The third-order valence-corrected chi connectivity index (χ3v) is 5.45. The Balaban J connectivity index is 1.90. The van der Waals surface area contributed by atoms with E-state index in [-0.39, 0.29) is 27.7 Å². The Morgan fingerprint density at radius 2 is 2.07 bits per heavy atom. The molecule has 27 heavy (non-hydrogen) atoms. The van der Waals surface area contributed by atoms with E-state index in [2.05, 4.69) is 0 Å². The summed E-state index contributed by atoms with van der Waals surface area (Å²) < 4.78 is 5.70. The zero-order valence-electron chi connectivity index (χ0n) is 14.6. The van der Waals surface area contributed by atoms with Crippen LogP contribution < -0.4 is 0 Å². The number of hydrogen-bond acceptors (Lipinski definition) is 5. The standard InChI is InChI=1S/C19H16ClNO5S/c1-3-10(2)21-17(22)16(27-19(21)25)9-12-5-7-15(26-12)13-8-11(18(23)24)4-6-14(13)20/h4-10H,3H2,1-2H3,(H,23,24)/b16-9+/t10-/m1/s1. The van der Waals surface area contributed by atoms with Crippen LogP contribution in [-0.2, 0) is 4.79 Å². The van der Waals surface area contributed by atoms with Gasteiger partial charge in [-0.25, -0.2) is 4.79 Å². The van der Waals surface area contributed by atoms with Crippen molar-refractivity contribution in [3.8, 4) is 11.3 Å². The van der Waals surface area contributed by atoms with Gasteiger partial charge in [0.25, 0.3) is 11.1 Å². The molecule has 0 radical (unpaired) electrons. The predicted octanol–water partition coefficient (Wildman–Crippen LogP) is 5.13. The summed E-state index contributed by atoms with van der Waals surface area (Å²) in [4.78, 5) is 37.2. The molecule has 1 aliphatic rings. The maximum Gasteiger partial charge on any atom is 0.335 e. The van der Waals surface area contributed by atoms with Crippen molar-refractivity contribution in [1.29, 1.82) is 0 Å². The molecule has 0 saturated carbocycles. The average Bonchev–Trinajstić information content (AvgIpc) is 3.19. The topological polar surface area (TPSA) is 87.8 Å². The second-order valence-corrected chi connectivity index (χ2v) is 7.41. The minimum Gasteiger partial charge on any atom is -0.478 e. The van der Waals surface area contributed by atoms with Crippen molar-refractivity contribution in [3.63, 3.8) is 0 Å². The second kappa shape index (κ2) is 7.62. The first kappa shape index (κ1) is 19.3. The molecule has 1 aromatic carbocycles. The molecule has 140 valence electrons. The molecule has 1 atom stereocenters. The third-order valence-electron chi connectivity index (χ3n) is 4.23. The fourth-order valence-electron chi connectivity index (χ4n) is 2.59. The molecule has 0 bridgehead atoms. The summed E-state index contributed by atoms with van der Waals surface area (Å²) in [5.74, 6) is -0.673. The van der Waals surface area contributed by atoms with Gasteiger partial charge in [0.1, 0.15) is 11.5 Å². The lowest BCUT2D eigenvalue weighted by Crippen LogP contribution is -2.36. The third kappa shape index (κ3) is 3.79. The number of hydrogen-bond donors (Lipinski definition) is 1. The Morgan fingerprint density at radius 1 is 1.33 bits per heavy atom. The molecule has 1 N–H and O–H groups in total. The maximum atomic E-state index is 12.5. The zero-order valence-corrected chi connectivity index (χ0v) is 16.1. The summed E-state index contributed by atoms with van der Waals surface area (Å²) in [5.41, 5.74) is 0.519. The van der Waals surface area contributed by atoms with E-state index in [0.29, 0.717) is 28.5 Å². The number of aromatic carboxylic acids is 1. The van der Waals surface area contributed by atoms with E-state index >= 15 is 0 Å². The Morgan fingerprint density at radius 3 is 2.74 bits per heavy atom. The molecule has 1 aromatic heterocycles. The number of benzene rings is 1. The zero-order chi connectivity index (χ0) is 19.7. The highest BCUT2D eigenvalue weighted by molar-refractivity contribution is 8.18. The van der Waals surface area contributed by atoms with Crippen LogP contribution in [0.4, 0.5) is 4.79 Å². The van der Waals surface area contributed by atoms with Crippen LogP contribution in [-0.4, -0.2) is 33.2 Å².